The van der Waals surface area contributed by atoms with Crippen molar-refractivity contribution in [3.63, 3.8) is 0 Å². The zero-order valence-electron chi connectivity index (χ0n) is 11.9. The molecule has 0 radical (unpaired) electrons. The smallest absolute Gasteiger partial charge is 0.225 e. The molecule has 2 rings (SSSR count). The number of benzene rings is 1. The number of nitrogens with one attached hydrogen (secondary N) is 1. The van der Waals surface area contributed by atoms with Crippen LogP contribution in [0.15, 0.2) is 18.2 Å². The van der Waals surface area contributed by atoms with Gasteiger partial charge in [-0.3, -0.25) is 9.69 Å². The van der Waals surface area contributed by atoms with Crippen molar-refractivity contribution in [3.05, 3.63) is 23.2 Å². The third-order valence-corrected chi connectivity index (χ3v) is 4.12. The Balaban J connectivity index is 1.83. The van der Waals surface area contributed by atoms with Crippen LogP contribution in [0.2, 0.25) is 5.02 Å². The number of nitrogen functional groups attached to an aromatic ring is 1. The summed E-state index contributed by atoms with van der Waals surface area (Å²) in [5.74, 6) is 0.000718. The fourth-order valence-corrected chi connectivity index (χ4v) is 2.94. The number of carbonyl (C=O) groups is 1. The van der Waals surface area contributed by atoms with E-state index in [-0.39, 0.29) is 5.91 Å². The Labute approximate surface area is 125 Å². The number of rotatable bonds is 5. The van der Waals surface area contributed by atoms with Gasteiger partial charge in [-0.05, 0) is 44.0 Å². The molecule has 1 aromatic carbocycles. The van der Waals surface area contributed by atoms with E-state index in [9.17, 15) is 4.79 Å². The second kappa shape index (κ2) is 6.95. The fraction of sp³-hybridized carbons (Fsp3) is 0.533. The third kappa shape index (κ3) is 3.87. The highest BCUT2D eigenvalue weighted by atomic mass is 35.5. The molecule has 5 heteroatoms. The largest absolute Gasteiger partial charge is 0.397 e. The highest BCUT2D eigenvalue weighted by Gasteiger charge is 2.22. The number of anilines is 2. The summed E-state index contributed by atoms with van der Waals surface area (Å²) in [6, 6.07) is 5.75. The van der Waals surface area contributed by atoms with Crippen LogP contribution < -0.4 is 11.1 Å². The standard InChI is InChI=1S/C15H22ClN3O/c1-2-12-4-3-8-19(12)9-7-15(20)18-14-6-5-11(16)10-13(14)17/h5-6,10,12H,2-4,7-9,17H2,1H3,(H,18,20). The minimum atomic E-state index is 0.000718. The Hall–Kier alpha value is -1.26. The summed E-state index contributed by atoms with van der Waals surface area (Å²) < 4.78 is 0. The zero-order valence-corrected chi connectivity index (χ0v) is 12.6. The van der Waals surface area contributed by atoms with Crippen LogP contribution in [0.3, 0.4) is 0 Å². The summed E-state index contributed by atoms with van der Waals surface area (Å²) in [5.41, 5.74) is 6.95. The second-order valence-corrected chi connectivity index (χ2v) is 5.71. The monoisotopic (exact) mass is 295 g/mol. The highest BCUT2D eigenvalue weighted by molar-refractivity contribution is 6.31. The van der Waals surface area contributed by atoms with E-state index in [1.165, 1.54) is 12.8 Å². The summed E-state index contributed by atoms with van der Waals surface area (Å²) in [7, 11) is 0. The summed E-state index contributed by atoms with van der Waals surface area (Å²) in [4.78, 5) is 14.4. The van der Waals surface area contributed by atoms with Crippen molar-refractivity contribution in [2.24, 2.45) is 0 Å². The van der Waals surface area contributed by atoms with Crippen LogP contribution in [0.1, 0.15) is 32.6 Å². The predicted octanol–water partition coefficient (Wildman–Crippen LogP) is 3.13. The molecular weight excluding hydrogens is 274 g/mol. The molecule has 1 heterocycles. The van der Waals surface area contributed by atoms with Gasteiger partial charge in [-0.15, -0.1) is 0 Å². The average molecular weight is 296 g/mol. The predicted molar refractivity (Wildman–Crippen MR) is 84.0 cm³/mol. The van der Waals surface area contributed by atoms with Crippen LogP contribution in [0, 0.1) is 0 Å². The average Bonchev–Trinajstić information content (AvgIpc) is 2.87. The van der Waals surface area contributed by atoms with Gasteiger partial charge in [-0.25, -0.2) is 0 Å². The number of hydrogen-bond acceptors (Lipinski definition) is 3. The van der Waals surface area contributed by atoms with Gasteiger partial charge in [0.1, 0.15) is 0 Å². The van der Waals surface area contributed by atoms with Crippen LogP contribution >= 0.6 is 11.6 Å². The molecule has 1 atom stereocenters. The minimum Gasteiger partial charge on any atom is -0.397 e. The fourth-order valence-electron chi connectivity index (χ4n) is 2.76. The Bertz CT molecular complexity index is 478. The molecule has 3 N–H and O–H groups in total. The van der Waals surface area contributed by atoms with Gasteiger partial charge in [-0.2, -0.15) is 0 Å². The number of nitrogens with two attached hydrogens (primary N) is 1. The van der Waals surface area contributed by atoms with E-state index < -0.39 is 0 Å². The Morgan fingerprint density at radius 3 is 3.05 bits per heavy atom. The van der Waals surface area contributed by atoms with Crippen LogP contribution in [-0.4, -0.2) is 29.9 Å². The molecule has 0 bridgehead atoms. The summed E-state index contributed by atoms with van der Waals surface area (Å²) in [6.07, 6.45) is 4.15. The van der Waals surface area contributed by atoms with Gasteiger partial charge in [0.2, 0.25) is 5.91 Å². The number of carbonyl (C=O) groups excluding carboxylic acids is 1. The van der Waals surface area contributed by atoms with Crippen molar-refractivity contribution >= 4 is 28.9 Å². The van der Waals surface area contributed by atoms with Gasteiger partial charge in [-0.1, -0.05) is 18.5 Å². The van der Waals surface area contributed by atoms with Crippen molar-refractivity contribution in [1.29, 1.82) is 0 Å². The first-order chi connectivity index (χ1) is 9.60. The van der Waals surface area contributed by atoms with E-state index in [1.807, 2.05) is 0 Å². The SMILES string of the molecule is CCC1CCCN1CCC(=O)Nc1ccc(Cl)cc1N. The molecule has 0 saturated carbocycles. The molecule has 0 aromatic heterocycles. The maximum absolute atomic E-state index is 12.0. The summed E-state index contributed by atoms with van der Waals surface area (Å²) >= 11 is 5.83. The number of likely N-dealkylation sites (tertiary alicyclic amines) is 1. The molecule has 1 aromatic rings. The first-order valence-corrected chi connectivity index (χ1v) is 7.57. The molecular formula is C15H22ClN3O. The number of nitrogens with zero attached hydrogens (tertiary/aromatic N) is 1. The van der Waals surface area contributed by atoms with Crippen LogP contribution in [-0.2, 0) is 4.79 Å². The lowest BCUT2D eigenvalue weighted by atomic mass is 10.1. The lowest BCUT2D eigenvalue weighted by molar-refractivity contribution is -0.116. The van der Waals surface area contributed by atoms with Crippen molar-refractivity contribution in [2.45, 2.75) is 38.6 Å². The summed E-state index contributed by atoms with van der Waals surface area (Å²) in [6.45, 7) is 4.13. The molecule has 110 valence electrons. The molecule has 1 amide bonds. The van der Waals surface area contributed by atoms with Gasteiger partial charge in [0.05, 0.1) is 11.4 Å². The normalized spacial score (nSPS) is 19.2. The van der Waals surface area contributed by atoms with Crippen molar-refractivity contribution in [2.75, 3.05) is 24.1 Å². The Morgan fingerprint density at radius 2 is 2.35 bits per heavy atom. The molecule has 20 heavy (non-hydrogen) atoms. The van der Waals surface area contributed by atoms with E-state index in [2.05, 4.69) is 17.1 Å². The number of amides is 1. The van der Waals surface area contributed by atoms with Crippen molar-refractivity contribution in [1.82, 2.24) is 4.90 Å². The maximum Gasteiger partial charge on any atom is 0.225 e. The van der Waals surface area contributed by atoms with Gasteiger partial charge in [0.25, 0.3) is 0 Å². The molecule has 4 nitrogen and oxygen atoms in total. The Kier molecular flexibility index (Phi) is 5.26. The van der Waals surface area contributed by atoms with E-state index in [1.54, 1.807) is 18.2 Å². The van der Waals surface area contributed by atoms with Gasteiger partial charge in [0.15, 0.2) is 0 Å². The second-order valence-electron chi connectivity index (χ2n) is 5.27. The number of halogens is 1. The molecule has 0 aliphatic carbocycles. The van der Waals surface area contributed by atoms with Crippen molar-refractivity contribution < 1.29 is 4.79 Å². The Morgan fingerprint density at radius 1 is 1.55 bits per heavy atom. The van der Waals surface area contributed by atoms with E-state index in [0.717, 1.165) is 19.5 Å². The molecule has 1 unspecified atom stereocenters. The highest BCUT2D eigenvalue weighted by Crippen LogP contribution is 2.23. The minimum absolute atomic E-state index is 0.000718. The number of hydrogen-bond donors (Lipinski definition) is 2. The van der Waals surface area contributed by atoms with E-state index >= 15 is 0 Å². The molecule has 1 fully saturated rings. The van der Waals surface area contributed by atoms with Crippen LogP contribution in [0.5, 0.6) is 0 Å². The summed E-state index contributed by atoms with van der Waals surface area (Å²) in [5, 5.41) is 3.42. The molecule has 1 saturated heterocycles. The lowest BCUT2D eigenvalue weighted by Crippen LogP contribution is -2.32. The first kappa shape index (κ1) is 15.1. The lowest BCUT2D eigenvalue weighted by Gasteiger charge is -2.22. The molecule has 1 aliphatic heterocycles. The van der Waals surface area contributed by atoms with Gasteiger partial charge >= 0.3 is 0 Å². The van der Waals surface area contributed by atoms with Crippen molar-refractivity contribution in [3.8, 4) is 0 Å². The first-order valence-electron chi connectivity index (χ1n) is 7.19. The quantitative estimate of drug-likeness (QED) is 0.821. The van der Waals surface area contributed by atoms with Crippen LogP contribution in [0.25, 0.3) is 0 Å². The maximum atomic E-state index is 12.0. The van der Waals surface area contributed by atoms with E-state index in [0.29, 0.717) is 28.9 Å². The zero-order chi connectivity index (χ0) is 14.5. The van der Waals surface area contributed by atoms with Crippen LogP contribution in [0.4, 0.5) is 11.4 Å². The molecule has 1 aliphatic rings. The van der Waals surface area contributed by atoms with E-state index in [4.69, 9.17) is 17.3 Å². The molecule has 0 spiro atoms. The van der Waals surface area contributed by atoms with Gasteiger partial charge in [0, 0.05) is 24.0 Å². The van der Waals surface area contributed by atoms with Gasteiger partial charge < -0.3 is 11.1 Å². The topological polar surface area (TPSA) is 58.4 Å². The third-order valence-electron chi connectivity index (χ3n) is 3.88.